The summed E-state index contributed by atoms with van der Waals surface area (Å²) in [6.07, 6.45) is 3.65. The van der Waals surface area contributed by atoms with E-state index in [0.717, 1.165) is 24.2 Å². The molecular weight excluding hydrogens is 260 g/mol. The van der Waals surface area contributed by atoms with Crippen LogP contribution in [0.1, 0.15) is 31.0 Å². The minimum atomic E-state index is -0.656. The summed E-state index contributed by atoms with van der Waals surface area (Å²) >= 11 is 0. The largest absolute Gasteiger partial charge is 0.296 e. The predicted molar refractivity (Wildman–Crippen MR) is 83.6 cm³/mol. The number of aromatic nitrogens is 2. The summed E-state index contributed by atoms with van der Waals surface area (Å²) in [6.45, 7) is 5.62. The number of hydrogen-bond acceptors (Lipinski definition) is 3. The Morgan fingerprint density at radius 3 is 2.62 bits per heavy atom. The van der Waals surface area contributed by atoms with Crippen molar-refractivity contribution in [1.82, 2.24) is 15.1 Å². The number of rotatable bonds is 7. The topological polar surface area (TPSA) is 53.6 Å². The summed E-state index contributed by atoms with van der Waals surface area (Å²) in [4.78, 5) is 0. The first kappa shape index (κ1) is 15.3. The molecule has 0 saturated carbocycles. The molecule has 110 valence electrons. The maximum absolute atomic E-state index is 9.80. The van der Waals surface area contributed by atoms with Gasteiger partial charge in [0.15, 0.2) is 0 Å². The summed E-state index contributed by atoms with van der Waals surface area (Å²) in [5.41, 5.74) is 1.36. The molecule has 0 aliphatic carbocycles. The Morgan fingerprint density at radius 2 is 2.05 bits per heavy atom. The van der Waals surface area contributed by atoms with E-state index in [4.69, 9.17) is 0 Å². The van der Waals surface area contributed by atoms with Gasteiger partial charge >= 0.3 is 0 Å². The minimum Gasteiger partial charge on any atom is -0.296 e. The number of nitriles is 1. The highest BCUT2D eigenvalue weighted by molar-refractivity contribution is 5.31. The summed E-state index contributed by atoms with van der Waals surface area (Å²) in [7, 11) is 0. The molecule has 0 radical (unpaired) electrons. The first-order chi connectivity index (χ1) is 10.2. The lowest BCUT2D eigenvalue weighted by Gasteiger charge is -2.28. The maximum Gasteiger partial charge on any atom is 0.134 e. The summed E-state index contributed by atoms with van der Waals surface area (Å²) in [5, 5.41) is 17.6. The predicted octanol–water partition coefficient (Wildman–Crippen LogP) is 3.00. The average Bonchev–Trinajstić information content (AvgIpc) is 2.95. The molecule has 2 rings (SSSR count). The second-order valence-corrected chi connectivity index (χ2v) is 5.28. The molecular formula is C17H22N4. The number of hydrogen-bond donors (Lipinski definition) is 1. The molecule has 1 aromatic heterocycles. The lowest BCUT2D eigenvalue weighted by Crippen LogP contribution is -2.42. The first-order valence-corrected chi connectivity index (χ1v) is 7.42. The van der Waals surface area contributed by atoms with Gasteiger partial charge in [-0.15, -0.1) is 0 Å². The number of nitrogens with one attached hydrogen (secondary N) is 1. The van der Waals surface area contributed by atoms with Crippen LogP contribution in [0.2, 0.25) is 0 Å². The molecule has 21 heavy (non-hydrogen) atoms. The molecule has 1 heterocycles. The number of aryl methyl sites for hydroxylation is 2. The van der Waals surface area contributed by atoms with Crippen molar-refractivity contribution in [1.29, 1.82) is 5.26 Å². The fourth-order valence-corrected chi connectivity index (χ4v) is 2.43. The second kappa shape index (κ2) is 7.05. The van der Waals surface area contributed by atoms with Crippen molar-refractivity contribution in [3.63, 3.8) is 0 Å². The smallest absolute Gasteiger partial charge is 0.134 e. The van der Waals surface area contributed by atoms with Gasteiger partial charge in [-0.3, -0.25) is 10.00 Å². The summed E-state index contributed by atoms with van der Waals surface area (Å²) in [5.74, 6) is 0. The Labute approximate surface area is 126 Å². The van der Waals surface area contributed by atoms with Crippen LogP contribution >= 0.6 is 0 Å². The molecule has 0 spiro atoms. The highest BCUT2D eigenvalue weighted by Crippen LogP contribution is 2.25. The van der Waals surface area contributed by atoms with Crippen LogP contribution in [-0.4, -0.2) is 16.3 Å². The molecule has 4 nitrogen and oxygen atoms in total. The third-order valence-electron chi connectivity index (χ3n) is 3.62. The van der Waals surface area contributed by atoms with Gasteiger partial charge in [-0.05, 0) is 31.5 Å². The van der Waals surface area contributed by atoms with E-state index in [2.05, 4.69) is 23.4 Å². The molecule has 1 aromatic carbocycles. The van der Waals surface area contributed by atoms with Gasteiger partial charge < -0.3 is 0 Å². The van der Waals surface area contributed by atoms with Crippen molar-refractivity contribution in [3.8, 4) is 6.07 Å². The molecule has 0 bridgehead atoms. The zero-order valence-electron chi connectivity index (χ0n) is 12.7. The van der Waals surface area contributed by atoms with Gasteiger partial charge in [0, 0.05) is 19.2 Å². The van der Waals surface area contributed by atoms with E-state index in [9.17, 15) is 5.26 Å². The van der Waals surface area contributed by atoms with E-state index in [1.807, 2.05) is 54.2 Å². The lowest BCUT2D eigenvalue weighted by molar-refractivity contribution is 0.364. The third kappa shape index (κ3) is 3.71. The van der Waals surface area contributed by atoms with E-state index < -0.39 is 5.54 Å². The Hall–Kier alpha value is -2.12. The summed E-state index contributed by atoms with van der Waals surface area (Å²) < 4.78 is 1.90. The van der Waals surface area contributed by atoms with Crippen LogP contribution in [0.25, 0.3) is 0 Å². The Bertz CT molecular complexity index is 597. The molecule has 0 fully saturated rings. The zero-order chi connectivity index (χ0) is 15.1. The molecule has 0 saturated heterocycles. The van der Waals surface area contributed by atoms with Crippen molar-refractivity contribution >= 4 is 0 Å². The van der Waals surface area contributed by atoms with Gasteiger partial charge in [0.2, 0.25) is 0 Å². The molecule has 0 aliphatic heterocycles. The Balaban J connectivity index is 2.20. The molecule has 0 aliphatic rings. The lowest BCUT2D eigenvalue weighted by atomic mass is 9.87. The molecule has 1 unspecified atom stereocenters. The Kier molecular flexibility index (Phi) is 5.13. The molecule has 2 aromatic rings. The minimum absolute atomic E-state index is 0.656. The van der Waals surface area contributed by atoms with E-state index >= 15 is 0 Å². The highest BCUT2D eigenvalue weighted by Gasteiger charge is 2.31. The monoisotopic (exact) mass is 282 g/mol. The van der Waals surface area contributed by atoms with Gasteiger partial charge in [0.1, 0.15) is 5.54 Å². The van der Waals surface area contributed by atoms with E-state index in [1.54, 1.807) is 0 Å². The van der Waals surface area contributed by atoms with Gasteiger partial charge in [-0.1, -0.05) is 37.3 Å². The quantitative estimate of drug-likeness (QED) is 0.849. The van der Waals surface area contributed by atoms with E-state index in [-0.39, 0.29) is 0 Å². The standard InChI is InChI=1S/C17H22N4/c1-3-11-19-17(14-18,16-7-5-4-6-8-16)10-13-21-12-9-15(2)20-21/h4-9,12,19H,3,10-11,13H2,1-2H3. The normalized spacial score (nSPS) is 13.6. The molecule has 4 heteroatoms. The van der Waals surface area contributed by atoms with E-state index in [0.29, 0.717) is 13.0 Å². The van der Waals surface area contributed by atoms with Gasteiger partial charge in [-0.2, -0.15) is 10.4 Å². The SMILES string of the molecule is CCCNC(C#N)(CCn1ccc(C)n1)c1ccccc1. The van der Waals surface area contributed by atoms with Crippen LogP contribution in [0.4, 0.5) is 0 Å². The van der Waals surface area contributed by atoms with Crippen molar-refractivity contribution in [2.75, 3.05) is 6.54 Å². The maximum atomic E-state index is 9.80. The van der Waals surface area contributed by atoms with Crippen LogP contribution in [-0.2, 0) is 12.1 Å². The Morgan fingerprint density at radius 1 is 1.29 bits per heavy atom. The van der Waals surface area contributed by atoms with Gasteiger partial charge in [0.25, 0.3) is 0 Å². The van der Waals surface area contributed by atoms with Gasteiger partial charge in [0.05, 0.1) is 11.8 Å². The highest BCUT2D eigenvalue weighted by atomic mass is 15.3. The van der Waals surface area contributed by atoms with Crippen molar-refractivity contribution in [3.05, 3.63) is 53.9 Å². The van der Waals surface area contributed by atoms with Crippen molar-refractivity contribution < 1.29 is 0 Å². The van der Waals surface area contributed by atoms with E-state index in [1.165, 1.54) is 0 Å². The van der Waals surface area contributed by atoms with Crippen molar-refractivity contribution in [2.45, 2.75) is 38.8 Å². The number of nitrogens with zero attached hydrogens (tertiary/aromatic N) is 3. The first-order valence-electron chi connectivity index (χ1n) is 7.42. The van der Waals surface area contributed by atoms with Gasteiger partial charge in [-0.25, -0.2) is 0 Å². The fraction of sp³-hybridized carbons (Fsp3) is 0.412. The van der Waals surface area contributed by atoms with Crippen LogP contribution in [0.3, 0.4) is 0 Å². The number of benzene rings is 1. The van der Waals surface area contributed by atoms with Crippen LogP contribution in [0, 0.1) is 18.3 Å². The molecule has 0 amide bonds. The average molecular weight is 282 g/mol. The molecule has 1 atom stereocenters. The fourth-order valence-electron chi connectivity index (χ4n) is 2.43. The van der Waals surface area contributed by atoms with Crippen LogP contribution in [0.5, 0.6) is 0 Å². The van der Waals surface area contributed by atoms with Crippen molar-refractivity contribution in [2.24, 2.45) is 0 Å². The molecule has 1 N–H and O–H groups in total. The second-order valence-electron chi connectivity index (χ2n) is 5.28. The zero-order valence-corrected chi connectivity index (χ0v) is 12.7. The third-order valence-corrected chi connectivity index (χ3v) is 3.62. The summed E-state index contributed by atoms with van der Waals surface area (Å²) in [6, 6.07) is 14.4. The van der Waals surface area contributed by atoms with Crippen LogP contribution < -0.4 is 5.32 Å². The van der Waals surface area contributed by atoms with Crippen LogP contribution in [0.15, 0.2) is 42.6 Å².